The Morgan fingerprint density at radius 3 is 1.91 bits per heavy atom. The first kappa shape index (κ1) is 18.4. The summed E-state index contributed by atoms with van der Waals surface area (Å²) in [7, 11) is 0. The van der Waals surface area contributed by atoms with Gasteiger partial charge in [0.2, 0.25) is 0 Å². The normalized spacial score (nSPS) is 13.6. The second kappa shape index (κ2) is 7.05. The highest BCUT2D eigenvalue weighted by Gasteiger charge is 2.36. The fourth-order valence-electron chi connectivity index (χ4n) is 2.09. The minimum Gasteiger partial charge on any atom is -0.166 e. The van der Waals surface area contributed by atoms with Crippen LogP contribution in [0.25, 0.3) is 0 Å². The van der Waals surface area contributed by atoms with Gasteiger partial charge in [0.05, 0.1) is 11.1 Å². The van der Waals surface area contributed by atoms with Crippen LogP contribution in [0.3, 0.4) is 0 Å². The number of allylic oxidation sites excluding steroid dienone is 1. The molecule has 0 aliphatic heterocycles. The predicted molar refractivity (Wildman–Crippen MR) is 72.3 cm³/mol. The van der Waals surface area contributed by atoms with E-state index >= 15 is 0 Å². The van der Waals surface area contributed by atoms with Crippen LogP contribution in [0.5, 0.6) is 0 Å². The first-order valence-corrected chi connectivity index (χ1v) is 6.72. The van der Waals surface area contributed by atoms with Crippen molar-refractivity contribution in [3.8, 4) is 0 Å². The van der Waals surface area contributed by atoms with Crippen molar-refractivity contribution in [3.63, 3.8) is 0 Å². The van der Waals surface area contributed by atoms with Crippen LogP contribution in [-0.2, 0) is 18.8 Å². The smallest absolute Gasteiger partial charge is 0.166 e. The zero-order valence-electron chi connectivity index (χ0n) is 12.0. The van der Waals surface area contributed by atoms with Gasteiger partial charge in [-0.2, -0.15) is 26.3 Å². The van der Waals surface area contributed by atoms with Crippen LogP contribution >= 0.6 is 0 Å². The topological polar surface area (TPSA) is 0 Å². The van der Waals surface area contributed by atoms with Crippen LogP contribution in [0.1, 0.15) is 36.5 Å². The van der Waals surface area contributed by atoms with E-state index in [1.807, 2.05) is 6.92 Å². The summed E-state index contributed by atoms with van der Waals surface area (Å²) in [6.45, 7) is 5.30. The lowest BCUT2D eigenvalue weighted by Gasteiger charge is -2.15. The molecule has 0 fully saturated rings. The highest BCUT2D eigenvalue weighted by molar-refractivity contribution is 5.33. The zero-order chi connectivity index (χ0) is 17.0. The first-order valence-electron chi connectivity index (χ1n) is 6.72. The lowest BCUT2D eigenvalue weighted by Crippen LogP contribution is -2.12. The van der Waals surface area contributed by atoms with Gasteiger partial charge in [0.1, 0.15) is 0 Å². The molecule has 0 aromatic heterocycles. The van der Waals surface area contributed by atoms with Crippen molar-refractivity contribution in [2.45, 2.75) is 38.5 Å². The van der Waals surface area contributed by atoms with Crippen LogP contribution in [0.4, 0.5) is 26.3 Å². The van der Waals surface area contributed by atoms with Crippen molar-refractivity contribution in [1.29, 1.82) is 0 Å². The molecule has 0 saturated heterocycles. The number of halogens is 6. The van der Waals surface area contributed by atoms with Crippen LogP contribution < -0.4 is 0 Å². The lowest BCUT2D eigenvalue weighted by molar-refractivity contribution is -0.143. The van der Waals surface area contributed by atoms with Gasteiger partial charge in [0.15, 0.2) is 0 Å². The SMILES string of the molecule is C=C=CC(CC)CCc1cc(C(F)(F)F)cc(C(F)(F)F)c1. The third kappa shape index (κ3) is 5.26. The van der Waals surface area contributed by atoms with E-state index in [0.29, 0.717) is 12.8 Å². The molecule has 0 spiro atoms. The molecule has 0 N–H and O–H groups in total. The Hall–Kier alpha value is -1.68. The summed E-state index contributed by atoms with van der Waals surface area (Å²) in [6.07, 6.45) is -6.64. The van der Waals surface area contributed by atoms with E-state index in [9.17, 15) is 26.3 Å². The molecule has 0 bridgehead atoms. The summed E-state index contributed by atoms with van der Waals surface area (Å²) >= 11 is 0. The van der Waals surface area contributed by atoms with Gasteiger partial charge in [-0.15, -0.1) is 5.73 Å². The summed E-state index contributed by atoms with van der Waals surface area (Å²) in [6, 6.07) is 1.70. The predicted octanol–water partition coefficient (Wildman–Crippen LogP) is 6.02. The first-order chi connectivity index (χ1) is 10.1. The van der Waals surface area contributed by atoms with Crippen molar-refractivity contribution < 1.29 is 26.3 Å². The fourth-order valence-corrected chi connectivity index (χ4v) is 2.09. The summed E-state index contributed by atoms with van der Waals surface area (Å²) in [5, 5.41) is 0. The van der Waals surface area contributed by atoms with E-state index in [0.717, 1.165) is 12.1 Å². The average Bonchev–Trinajstić information content (AvgIpc) is 2.41. The van der Waals surface area contributed by atoms with E-state index in [1.54, 1.807) is 6.08 Å². The highest BCUT2D eigenvalue weighted by Crippen LogP contribution is 2.36. The molecule has 6 heteroatoms. The van der Waals surface area contributed by atoms with Crippen molar-refractivity contribution in [2.24, 2.45) is 5.92 Å². The van der Waals surface area contributed by atoms with Gasteiger partial charge >= 0.3 is 12.4 Å². The molecular weight excluding hydrogens is 306 g/mol. The van der Waals surface area contributed by atoms with Crippen molar-refractivity contribution in [2.75, 3.05) is 0 Å². The van der Waals surface area contributed by atoms with Gasteiger partial charge in [0.25, 0.3) is 0 Å². The van der Waals surface area contributed by atoms with E-state index in [2.05, 4.69) is 12.3 Å². The number of aryl methyl sites for hydroxylation is 1. The standard InChI is InChI=1S/C16H16F6/c1-3-5-11(4-2)6-7-12-8-13(15(17,18)19)10-14(9-12)16(20,21)22/h5,8-11H,1,4,6-7H2,2H3. The van der Waals surface area contributed by atoms with Gasteiger partial charge in [-0.25, -0.2) is 0 Å². The maximum Gasteiger partial charge on any atom is 0.416 e. The molecule has 22 heavy (non-hydrogen) atoms. The van der Waals surface area contributed by atoms with E-state index < -0.39 is 23.5 Å². The molecule has 0 aliphatic rings. The number of hydrogen-bond donors (Lipinski definition) is 0. The molecule has 1 rings (SSSR count). The molecule has 0 radical (unpaired) electrons. The molecule has 1 unspecified atom stereocenters. The summed E-state index contributed by atoms with van der Waals surface area (Å²) < 4.78 is 76.4. The van der Waals surface area contributed by atoms with Gasteiger partial charge in [-0.3, -0.25) is 0 Å². The van der Waals surface area contributed by atoms with Crippen molar-refractivity contribution in [3.05, 3.63) is 53.3 Å². The molecule has 122 valence electrons. The number of hydrogen-bond acceptors (Lipinski definition) is 0. The van der Waals surface area contributed by atoms with Crippen LogP contribution in [-0.4, -0.2) is 0 Å². The Labute approximate surface area is 125 Å². The Bertz CT molecular complexity index is 514. The molecule has 0 amide bonds. The van der Waals surface area contributed by atoms with Crippen LogP contribution in [0.2, 0.25) is 0 Å². The largest absolute Gasteiger partial charge is 0.416 e. The van der Waals surface area contributed by atoms with Crippen molar-refractivity contribution >= 4 is 0 Å². The number of benzene rings is 1. The van der Waals surface area contributed by atoms with Gasteiger partial charge < -0.3 is 0 Å². The van der Waals surface area contributed by atoms with E-state index in [4.69, 9.17) is 0 Å². The average molecular weight is 322 g/mol. The molecule has 0 nitrogen and oxygen atoms in total. The van der Waals surface area contributed by atoms with Crippen LogP contribution in [0.15, 0.2) is 36.6 Å². The Balaban J connectivity index is 3.11. The summed E-state index contributed by atoms with van der Waals surface area (Å²) in [5.74, 6) is 0.0291. The summed E-state index contributed by atoms with van der Waals surface area (Å²) in [5.41, 5.74) is 0.0703. The quantitative estimate of drug-likeness (QED) is 0.459. The fraction of sp³-hybridized carbons (Fsp3) is 0.438. The van der Waals surface area contributed by atoms with Gasteiger partial charge in [-0.05, 0) is 55.0 Å². The maximum absolute atomic E-state index is 12.7. The monoisotopic (exact) mass is 322 g/mol. The molecule has 1 aromatic rings. The Morgan fingerprint density at radius 2 is 1.55 bits per heavy atom. The van der Waals surface area contributed by atoms with E-state index in [-0.39, 0.29) is 24.0 Å². The second-order valence-corrected chi connectivity index (χ2v) is 4.99. The number of rotatable bonds is 5. The third-order valence-electron chi connectivity index (χ3n) is 3.33. The molecule has 0 saturated carbocycles. The Morgan fingerprint density at radius 1 is 1.05 bits per heavy atom. The molecular formula is C16H16F6. The summed E-state index contributed by atoms with van der Waals surface area (Å²) in [4.78, 5) is 0. The zero-order valence-corrected chi connectivity index (χ0v) is 12.0. The maximum atomic E-state index is 12.7. The third-order valence-corrected chi connectivity index (χ3v) is 3.33. The number of alkyl halides is 6. The van der Waals surface area contributed by atoms with Crippen LogP contribution in [0, 0.1) is 5.92 Å². The minimum absolute atomic E-state index is 0.0260. The minimum atomic E-state index is -4.80. The molecule has 0 heterocycles. The van der Waals surface area contributed by atoms with Gasteiger partial charge in [-0.1, -0.05) is 13.5 Å². The van der Waals surface area contributed by atoms with Gasteiger partial charge in [0, 0.05) is 0 Å². The lowest BCUT2D eigenvalue weighted by atomic mass is 9.95. The Kier molecular flexibility index (Phi) is 5.89. The molecule has 1 aromatic carbocycles. The molecule has 1 atom stereocenters. The van der Waals surface area contributed by atoms with E-state index in [1.165, 1.54) is 0 Å². The van der Waals surface area contributed by atoms with Crippen molar-refractivity contribution in [1.82, 2.24) is 0 Å². The second-order valence-electron chi connectivity index (χ2n) is 4.99. The highest BCUT2D eigenvalue weighted by atomic mass is 19.4. The molecule has 0 aliphatic carbocycles.